The van der Waals surface area contributed by atoms with E-state index < -0.39 is 5.97 Å². The predicted molar refractivity (Wildman–Crippen MR) is 86.4 cm³/mol. The van der Waals surface area contributed by atoms with Crippen LogP contribution in [-0.2, 0) is 4.74 Å². The molecule has 0 unspecified atom stereocenters. The van der Waals surface area contributed by atoms with Crippen LogP contribution in [0.5, 0.6) is 0 Å². The second-order valence-electron chi connectivity index (χ2n) is 4.84. The minimum absolute atomic E-state index is 0.306. The van der Waals surface area contributed by atoms with Crippen molar-refractivity contribution in [2.75, 3.05) is 18.2 Å². The molecule has 0 bridgehead atoms. The van der Waals surface area contributed by atoms with Crippen molar-refractivity contribution in [2.45, 2.75) is 13.8 Å². The number of hydrogen-bond acceptors (Lipinski definition) is 4. The molecule has 2 rings (SSSR count). The van der Waals surface area contributed by atoms with Crippen molar-refractivity contribution in [1.82, 2.24) is 0 Å². The molecule has 0 heterocycles. The van der Waals surface area contributed by atoms with Gasteiger partial charge in [0.05, 0.1) is 23.4 Å². The fourth-order valence-corrected chi connectivity index (χ4v) is 2.26. The summed E-state index contributed by atoms with van der Waals surface area (Å²) in [6.45, 7) is 4.06. The minimum Gasteiger partial charge on any atom is -0.465 e. The molecule has 0 saturated heterocycles. The van der Waals surface area contributed by atoms with Crippen molar-refractivity contribution >= 4 is 34.6 Å². The molecule has 0 atom stereocenters. The van der Waals surface area contributed by atoms with E-state index in [1.165, 1.54) is 12.7 Å². The zero-order valence-corrected chi connectivity index (χ0v) is 12.9. The molecular formula is C16H17ClN2O2. The van der Waals surface area contributed by atoms with E-state index in [1.807, 2.05) is 32.0 Å². The van der Waals surface area contributed by atoms with Crippen LogP contribution in [0.2, 0.25) is 5.02 Å². The van der Waals surface area contributed by atoms with Crippen LogP contribution < -0.4 is 11.1 Å². The fourth-order valence-electron chi connectivity index (χ4n) is 1.99. The van der Waals surface area contributed by atoms with Crippen molar-refractivity contribution in [3.05, 3.63) is 52.0 Å². The highest BCUT2D eigenvalue weighted by molar-refractivity contribution is 6.34. The van der Waals surface area contributed by atoms with Gasteiger partial charge in [0, 0.05) is 11.4 Å². The van der Waals surface area contributed by atoms with E-state index in [1.54, 1.807) is 12.1 Å². The van der Waals surface area contributed by atoms with Gasteiger partial charge in [0.15, 0.2) is 0 Å². The van der Waals surface area contributed by atoms with Crippen LogP contribution in [0.15, 0.2) is 30.3 Å². The first-order valence-electron chi connectivity index (χ1n) is 6.44. The minimum atomic E-state index is -0.490. The van der Waals surface area contributed by atoms with Crippen molar-refractivity contribution in [2.24, 2.45) is 0 Å². The van der Waals surface area contributed by atoms with Crippen molar-refractivity contribution < 1.29 is 9.53 Å². The summed E-state index contributed by atoms with van der Waals surface area (Å²) in [5, 5.41) is 3.53. The lowest BCUT2D eigenvalue weighted by molar-refractivity contribution is 0.0602. The van der Waals surface area contributed by atoms with E-state index in [-0.39, 0.29) is 0 Å². The third kappa shape index (κ3) is 3.28. The molecule has 0 aromatic heterocycles. The first kappa shape index (κ1) is 15.2. The van der Waals surface area contributed by atoms with Crippen LogP contribution in [0.4, 0.5) is 17.1 Å². The molecule has 3 N–H and O–H groups in total. The van der Waals surface area contributed by atoms with Crippen molar-refractivity contribution in [1.29, 1.82) is 0 Å². The summed E-state index contributed by atoms with van der Waals surface area (Å²) in [7, 11) is 1.32. The zero-order valence-electron chi connectivity index (χ0n) is 12.2. The number of benzene rings is 2. The third-order valence-electron chi connectivity index (χ3n) is 3.29. The zero-order chi connectivity index (χ0) is 15.6. The van der Waals surface area contributed by atoms with Crippen LogP contribution >= 0.6 is 11.6 Å². The first-order valence-corrected chi connectivity index (χ1v) is 6.81. The Bertz CT molecular complexity index is 699. The molecule has 0 saturated carbocycles. The maximum Gasteiger partial charge on any atom is 0.340 e. The highest BCUT2D eigenvalue weighted by atomic mass is 35.5. The van der Waals surface area contributed by atoms with Gasteiger partial charge in [0.2, 0.25) is 0 Å². The second-order valence-corrected chi connectivity index (χ2v) is 5.25. The number of nitrogens with two attached hydrogens (primary N) is 1. The maximum absolute atomic E-state index is 11.9. The molecule has 2 aromatic carbocycles. The Morgan fingerprint density at radius 1 is 1.19 bits per heavy atom. The van der Waals surface area contributed by atoms with Gasteiger partial charge in [-0.15, -0.1) is 0 Å². The van der Waals surface area contributed by atoms with E-state index in [2.05, 4.69) is 5.32 Å². The Labute approximate surface area is 128 Å². The van der Waals surface area contributed by atoms with Gasteiger partial charge in [-0.2, -0.15) is 0 Å². The third-order valence-corrected chi connectivity index (χ3v) is 3.59. The average molecular weight is 305 g/mol. The standard InChI is InChI=1S/C16H17ClN2O2/c1-9-4-5-12(6-10(9)2)19-15-13(16(20)21-3)7-11(18)8-14(15)17/h4-8,19H,18H2,1-3H3. The van der Waals surface area contributed by atoms with Gasteiger partial charge in [-0.05, 0) is 49.2 Å². The predicted octanol–water partition coefficient (Wildman–Crippen LogP) is 4.07. The Morgan fingerprint density at radius 2 is 1.90 bits per heavy atom. The molecule has 0 aliphatic rings. The van der Waals surface area contributed by atoms with Crippen LogP contribution in [-0.4, -0.2) is 13.1 Å². The van der Waals surface area contributed by atoms with Gasteiger partial charge in [-0.1, -0.05) is 17.7 Å². The van der Waals surface area contributed by atoms with Crippen LogP contribution in [0.3, 0.4) is 0 Å². The fraction of sp³-hybridized carbons (Fsp3) is 0.188. The Balaban J connectivity index is 2.47. The number of halogens is 1. The number of rotatable bonds is 3. The lowest BCUT2D eigenvalue weighted by Crippen LogP contribution is -2.07. The van der Waals surface area contributed by atoms with E-state index >= 15 is 0 Å². The monoisotopic (exact) mass is 304 g/mol. The number of carbonyl (C=O) groups is 1. The number of esters is 1. The average Bonchev–Trinajstić information content (AvgIpc) is 2.44. The quantitative estimate of drug-likeness (QED) is 0.663. The van der Waals surface area contributed by atoms with Crippen LogP contribution in [0.1, 0.15) is 21.5 Å². The highest BCUT2D eigenvalue weighted by Gasteiger charge is 2.16. The molecule has 0 aliphatic carbocycles. The lowest BCUT2D eigenvalue weighted by atomic mass is 10.1. The van der Waals surface area contributed by atoms with Gasteiger partial charge in [0.1, 0.15) is 0 Å². The molecule has 21 heavy (non-hydrogen) atoms. The summed E-state index contributed by atoms with van der Waals surface area (Å²) < 4.78 is 4.77. The molecule has 110 valence electrons. The van der Waals surface area contributed by atoms with Gasteiger partial charge < -0.3 is 15.8 Å². The van der Waals surface area contributed by atoms with Crippen LogP contribution in [0.25, 0.3) is 0 Å². The van der Waals surface area contributed by atoms with Gasteiger partial charge in [-0.3, -0.25) is 0 Å². The van der Waals surface area contributed by atoms with Gasteiger partial charge in [-0.25, -0.2) is 4.79 Å². The molecule has 0 aliphatic heterocycles. The largest absolute Gasteiger partial charge is 0.465 e. The number of ether oxygens (including phenoxy) is 1. The SMILES string of the molecule is COC(=O)c1cc(N)cc(Cl)c1Nc1ccc(C)c(C)c1. The summed E-state index contributed by atoms with van der Waals surface area (Å²) in [5.74, 6) is -0.490. The number of methoxy groups -OCH3 is 1. The lowest BCUT2D eigenvalue weighted by Gasteiger charge is -2.14. The molecule has 0 radical (unpaired) electrons. The number of hydrogen-bond donors (Lipinski definition) is 2. The van der Waals surface area contributed by atoms with Crippen molar-refractivity contribution in [3.63, 3.8) is 0 Å². The molecule has 5 heteroatoms. The number of carbonyl (C=O) groups excluding carboxylic acids is 1. The van der Waals surface area contributed by atoms with Crippen LogP contribution in [0, 0.1) is 13.8 Å². The Kier molecular flexibility index (Phi) is 4.38. The summed E-state index contributed by atoms with van der Waals surface area (Å²) in [5.41, 5.74) is 10.1. The van der Waals surface area contributed by atoms with E-state index in [0.29, 0.717) is 22.0 Å². The summed E-state index contributed by atoms with van der Waals surface area (Å²) in [6, 6.07) is 9.05. The molecule has 0 fully saturated rings. The number of nitrogen functional groups attached to an aromatic ring is 1. The summed E-state index contributed by atoms with van der Waals surface area (Å²) in [4.78, 5) is 11.9. The maximum atomic E-state index is 11.9. The summed E-state index contributed by atoms with van der Waals surface area (Å²) >= 11 is 6.21. The first-order chi connectivity index (χ1) is 9.92. The Morgan fingerprint density at radius 3 is 2.52 bits per heavy atom. The Hall–Kier alpha value is -2.20. The van der Waals surface area contributed by atoms with E-state index in [4.69, 9.17) is 22.1 Å². The van der Waals surface area contributed by atoms with Gasteiger partial charge in [0.25, 0.3) is 0 Å². The molecular weight excluding hydrogens is 288 g/mol. The number of anilines is 3. The number of nitrogens with one attached hydrogen (secondary N) is 1. The van der Waals surface area contributed by atoms with Crippen molar-refractivity contribution in [3.8, 4) is 0 Å². The molecule has 0 amide bonds. The number of aryl methyl sites for hydroxylation is 2. The topological polar surface area (TPSA) is 64.3 Å². The highest BCUT2D eigenvalue weighted by Crippen LogP contribution is 2.32. The molecule has 0 spiro atoms. The van der Waals surface area contributed by atoms with E-state index in [9.17, 15) is 4.79 Å². The summed E-state index contributed by atoms with van der Waals surface area (Å²) in [6.07, 6.45) is 0. The normalized spacial score (nSPS) is 10.3. The molecule has 4 nitrogen and oxygen atoms in total. The van der Waals surface area contributed by atoms with Gasteiger partial charge >= 0.3 is 5.97 Å². The van der Waals surface area contributed by atoms with E-state index in [0.717, 1.165) is 11.3 Å². The molecule has 2 aromatic rings. The smallest absolute Gasteiger partial charge is 0.340 e. The second kappa shape index (κ2) is 6.06.